The number of fused-ring (bicyclic) bond motifs is 1. The number of aromatic nitrogens is 4. The number of rotatable bonds is 8. The second kappa shape index (κ2) is 10.4. The lowest BCUT2D eigenvalue weighted by molar-refractivity contribution is -0.141. The molecule has 2 aromatic carbocycles. The molecule has 13 heteroatoms. The van der Waals surface area contributed by atoms with Crippen LogP contribution in [0.1, 0.15) is 25.1 Å². The molecule has 190 valence electrons. The van der Waals surface area contributed by atoms with Crippen LogP contribution in [-0.4, -0.2) is 43.0 Å². The lowest BCUT2D eigenvalue weighted by Gasteiger charge is -2.19. The van der Waals surface area contributed by atoms with Crippen molar-refractivity contribution in [3.8, 4) is 5.75 Å². The molecule has 2 aromatic heterocycles. The van der Waals surface area contributed by atoms with Crippen LogP contribution >= 0.6 is 23.2 Å². The first-order chi connectivity index (χ1) is 17.0. The summed E-state index contributed by atoms with van der Waals surface area (Å²) >= 11 is 12.0. The highest BCUT2D eigenvalue weighted by molar-refractivity contribution is 6.42. The molecule has 0 amide bonds. The Morgan fingerprint density at radius 1 is 0.972 bits per heavy atom. The molecule has 0 aliphatic rings. The van der Waals surface area contributed by atoms with E-state index in [1.54, 1.807) is 18.2 Å². The maximum absolute atomic E-state index is 13.6. The Morgan fingerprint density at radius 2 is 1.69 bits per heavy atom. The van der Waals surface area contributed by atoms with Gasteiger partial charge in [0.15, 0.2) is 5.69 Å². The lowest BCUT2D eigenvalue weighted by atomic mass is 10.1. The van der Waals surface area contributed by atoms with Crippen molar-refractivity contribution in [1.82, 2.24) is 24.8 Å². The molecule has 0 saturated carbocycles. The highest BCUT2D eigenvalue weighted by Crippen LogP contribution is 2.32. The minimum Gasteiger partial charge on any atom is -0.508 e. The third-order valence-corrected chi connectivity index (χ3v) is 6.13. The zero-order valence-corrected chi connectivity index (χ0v) is 20.7. The van der Waals surface area contributed by atoms with Crippen molar-refractivity contribution in [3.05, 3.63) is 57.7 Å². The summed E-state index contributed by atoms with van der Waals surface area (Å²) in [5.41, 5.74) is 0.934. The average Bonchev–Trinajstić information content (AvgIpc) is 3.19. The van der Waals surface area contributed by atoms with Crippen molar-refractivity contribution in [1.29, 1.82) is 0 Å². The third kappa shape index (κ3) is 5.92. The predicted molar refractivity (Wildman–Crippen MR) is 134 cm³/mol. The molecule has 4 aromatic rings. The number of aromatic hydroxyl groups is 1. The van der Waals surface area contributed by atoms with Crippen LogP contribution in [0.5, 0.6) is 5.75 Å². The van der Waals surface area contributed by atoms with Crippen molar-refractivity contribution in [3.63, 3.8) is 0 Å². The zero-order valence-electron chi connectivity index (χ0n) is 19.2. The molecule has 0 atom stereocenters. The fourth-order valence-electron chi connectivity index (χ4n) is 3.51. The molecule has 0 spiro atoms. The number of halogens is 5. The summed E-state index contributed by atoms with van der Waals surface area (Å²) in [7, 11) is 0. The second-order valence-corrected chi connectivity index (χ2v) is 8.70. The number of hydrogen-bond acceptors (Lipinski definition) is 7. The molecule has 0 saturated heterocycles. The lowest BCUT2D eigenvalue weighted by Crippen LogP contribution is -2.22. The van der Waals surface area contributed by atoms with Gasteiger partial charge < -0.3 is 15.4 Å². The molecule has 0 aliphatic heterocycles. The number of imidazole rings is 1. The van der Waals surface area contributed by atoms with E-state index in [9.17, 15) is 18.3 Å². The Labute approximate surface area is 214 Å². The number of H-pyrrole nitrogens is 1. The number of benzene rings is 2. The number of aromatic amines is 1. The molecule has 0 bridgehead atoms. The van der Waals surface area contributed by atoms with E-state index in [2.05, 4.69) is 35.5 Å². The second-order valence-electron chi connectivity index (χ2n) is 7.88. The SMILES string of the molecule is CCN(CC)Cc1cc(Nc2cc(C(F)(F)F)nc(Nc3nc4cc(Cl)c(Cl)cc4[nH]3)n2)ccc1O. The van der Waals surface area contributed by atoms with Crippen LogP contribution < -0.4 is 10.6 Å². The Hall–Kier alpha value is -3.28. The minimum atomic E-state index is -4.71. The number of phenolic OH excluding ortho intramolecular Hbond substituents is 1. The summed E-state index contributed by atoms with van der Waals surface area (Å²) in [5.74, 6) is -0.217. The van der Waals surface area contributed by atoms with Gasteiger partial charge in [0.25, 0.3) is 0 Å². The van der Waals surface area contributed by atoms with E-state index in [4.69, 9.17) is 23.2 Å². The maximum Gasteiger partial charge on any atom is 0.433 e. The summed E-state index contributed by atoms with van der Waals surface area (Å²) in [6.45, 7) is 6.05. The number of nitrogens with one attached hydrogen (secondary N) is 3. The van der Waals surface area contributed by atoms with E-state index in [0.717, 1.165) is 19.2 Å². The molecule has 0 fully saturated rings. The molecule has 0 aliphatic carbocycles. The predicted octanol–water partition coefficient (Wildman–Crippen LogP) is 6.71. The van der Waals surface area contributed by atoms with E-state index in [0.29, 0.717) is 38.9 Å². The molecular formula is C23H22Cl2F3N7O. The van der Waals surface area contributed by atoms with Gasteiger partial charge in [-0.15, -0.1) is 0 Å². The zero-order chi connectivity index (χ0) is 26.0. The normalized spacial score (nSPS) is 11.9. The summed E-state index contributed by atoms with van der Waals surface area (Å²) < 4.78 is 40.7. The van der Waals surface area contributed by atoms with Crippen molar-refractivity contribution in [2.75, 3.05) is 23.7 Å². The largest absolute Gasteiger partial charge is 0.508 e. The van der Waals surface area contributed by atoms with Gasteiger partial charge >= 0.3 is 6.18 Å². The molecule has 0 unspecified atom stereocenters. The van der Waals surface area contributed by atoms with Gasteiger partial charge in [-0.05, 0) is 43.4 Å². The quantitative estimate of drug-likeness (QED) is 0.184. The minimum absolute atomic E-state index is 0.0958. The molecule has 0 radical (unpaired) electrons. The first-order valence-corrected chi connectivity index (χ1v) is 11.7. The first-order valence-electron chi connectivity index (χ1n) is 10.9. The van der Waals surface area contributed by atoms with E-state index in [1.807, 2.05) is 13.8 Å². The molecule has 36 heavy (non-hydrogen) atoms. The van der Waals surface area contributed by atoms with Crippen molar-refractivity contribution < 1.29 is 18.3 Å². The number of alkyl halides is 3. The van der Waals surface area contributed by atoms with Crippen LogP contribution in [0.15, 0.2) is 36.4 Å². The Balaban J connectivity index is 1.65. The van der Waals surface area contributed by atoms with Gasteiger partial charge in [-0.25, -0.2) is 9.97 Å². The third-order valence-electron chi connectivity index (χ3n) is 5.41. The maximum atomic E-state index is 13.6. The Kier molecular flexibility index (Phi) is 7.43. The van der Waals surface area contributed by atoms with E-state index in [1.165, 1.54) is 12.1 Å². The van der Waals surface area contributed by atoms with Gasteiger partial charge in [-0.2, -0.15) is 18.2 Å². The van der Waals surface area contributed by atoms with Crippen LogP contribution in [0, 0.1) is 0 Å². The fraction of sp³-hybridized carbons (Fsp3) is 0.261. The van der Waals surface area contributed by atoms with Crippen LogP contribution in [0.3, 0.4) is 0 Å². The Morgan fingerprint density at radius 3 is 2.39 bits per heavy atom. The van der Waals surface area contributed by atoms with Crippen LogP contribution in [0.2, 0.25) is 10.0 Å². The monoisotopic (exact) mass is 539 g/mol. The van der Waals surface area contributed by atoms with E-state index >= 15 is 0 Å². The Bertz CT molecular complexity index is 1350. The van der Waals surface area contributed by atoms with Crippen molar-refractivity contribution in [2.45, 2.75) is 26.6 Å². The first kappa shape index (κ1) is 25.8. The standard InChI is InChI=1S/C23H22Cl2F3N7O/c1-3-35(4-2)11-12-7-13(5-6-18(12)36)29-20-10-19(23(26,27)28)32-22(33-20)34-21-30-16-8-14(24)15(25)9-17(16)31-21/h5-10,36H,3-4,11H2,1-2H3,(H3,29,30,31,32,33,34). The summed E-state index contributed by atoms with van der Waals surface area (Å²) in [6.07, 6.45) is -4.71. The van der Waals surface area contributed by atoms with Gasteiger partial charge in [-0.3, -0.25) is 10.2 Å². The van der Waals surface area contributed by atoms with Crippen LogP contribution in [0.25, 0.3) is 11.0 Å². The van der Waals surface area contributed by atoms with Gasteiger partial charge in [0.1, 0.15) is 11.6 Å². The molecular weight excluding hydrogens is 518 g/mol. The number of nitrogens with zero attached hydrogens (tertiary/aromatic N) is 4. The van der Waals surface area contributed by atoms with Crippen molar-refractivity contribution >= 4 is 57.6 Å². The summed E-state index contributed by atoms with van der Waals surface area (Å²) in [4.78, 5) is 17.0. The highest BCUT2D eigenvalue weighted by atomic mass is 35.5. The average molecular weight is 540 g/mol. The number of phenols is 1. The molecule has 2 heterocycles. The summed E-state index contributed by atoms with van der Waals surface area (Å²) in [5, 5.41) is 16.4. The highest BCUT2D eigenvalue weighted by Gasteiger charge is 2.34. The van der Waals surface area contributed by atoms with Gasteiger partial charge in [0.05, 0.1) is 21.1 Å². The van der Waals surface area contributed by atoms with E-state index < -0.39 is 11.9 Å². The van der Waals surface area contributed by atoms with E-state index in [-0.39, 0.29) is 23.5 Å². The summed E-state index contributed by atoms with van der Waals surface area (Å²) in [6, 6.07) is 8.59. The van der Waals surface area contributed by atoms with Crippen LogP contribution in [-0.2, 0) is 12.7 Å². The van der Waals surface area contributed by atoms with Crippen LogP contribution in [0.4, 0.5) is 36.6 Å². The van der Waals surface area contributed by atoms with Gasteiger partial charge in [-0.1, -0.05) is 37.0 Å². The smallest absolute Gasteiger partial charge is 0.433 e. The molecule has 8 nitrogen and oxygen atoms in total. The molecule has 4 N–H and O–H groups in total. The van der Waals surface area contributed by atoms with Gasteiger partial charge in [0.2, 0.25) is 11.9 Å². The van der Waals surface area contributed by atoms with Gasteiger partial charge in [0, 0.05) is 23.9 Å². The number of anilines is 4. The topological polar surface area (TPSA) is 102 Å². The van der Waals surface area contributed by atoms with Crippen molar-refractivity contribution in [2.24, 2.45) is 0 Å². The number of hydrogen-bond donors (Lipinski definition) is 4. The molecule has 4 rings (SSSR count). The fourth-order valence-corrected chi connectivity index (χ4v) is 3.83.